The molecule has 96 valence electrons. The van der Waals surface area contributed by atoms with Crippen molar-refractivity contribution < 1.29 is 0 Å². The highest BCUT2D eigenvalue weighted by molar-refractivity contribution is 5.59. The Bertz CT molecular complexity index is 414. The molecular formula is C15H21N3. The fraction of sp³-hybridized carbons (Fsp3) is 0.533. The van der Waals surface area contributed by atoms with Crippen molar-refractivity contribution in [2.75, 3.05) is 31.6 Å². The Balaban J connectivity index is 1.95. The van der Waals surface area contributed by atoms with Crippen molar-refractivity contribution in [3.8, 4) is 6.07 Å². The third-order valence-corrected chi connectivity index (χ3v) is 3.78. The van der Waals surface area contributed by atoms with E-state index in [4.69, 9.17) is 5.26 Å². The van der Waals surface area contributed by atoms with Crippen LogP contribution in [0.4, 0.5) is 5.69 Å². The highest BCUT2D eigenvalue weighted by Gasteiger charge is 2.20. The molecule has 1 saturated heterocycles. The lowest BCUT2D eigenvalue weighted by Crippen LogP contribution is -2.34. The lowest BCUT2D eigenvalue weighted by molar-refractivity contribution is 0.378. The van der Waals surface area contributed by atoms with Crippen molar-refractivity contribution in [2.45, 2.75) is 19.3 Å². The first-order valence-electron chi connectivity index (χ1n) is 6.74. The topological polar surface area (TPSA) is 39.1 Å². The summed E-state index contributed by atoms with van der Waals surface area (Å²) in [7, 11) is 2.01. The highest BCUT2D eigenvalue weighted by Crippen LogP contribution is 2.27. The molecule has 3 heteroatoms. The summed E-state index contributed by atoms with van der Waals surface area (Å²) in [5.74, 6) is 0.836. The Morgan fingerprint density at radius 3 is 2.72 bits per heavy atom. The molecule has 0 bridgehead atoms. The van der Waals surface area contributed by atoms with Crippen LogP contribution in [0.25, 0.3) is 0 Å². The van der Waals surface area contributed by atoms with Crippen LogP contribution in [0.1, 0.15) is 24.8 Å². The second-order valence-corrected chi connectivity index (χ2v) is 4.95. The zero-order valence-corrected chi connectivity index (χ0v) is 11.0. The first kappa shape index (κ1) is 12.9. The maximum atomic E-state index is 9.13. The van der Waals surface area contributed by atoms with Crippen LogP contribution in [0.15, 0.2) is 24.3 Å². The predicted octanol–water partition coefficient (Wildman–Crippen LogP) is 2.38. The van der Waals surface area contributed by atoms with Crippen molar-refractivity contribution in [1.29, 1.82) is 5.26 Å². The SMILES string of the molecule is CNCCC1CCN(c2ccccc2C#N)CC1. The van der Waals surface area contributed by atoms with Gasteiger partial charge in [-0.05, 0) is 50.9 Å². The van der Waals surface area contributed by atoms with Crippen molar-refractivity contribution >= 4 is 5.69 Å². The number of hydrogen-bond acceptors (Lipinski definition) is 3. The van der Waals surface area contributed by atoms with Gasteiger partial charge in [0.2, 0.25) is 0 Å². The summed E-state index contributed by atoms with van der Waals surface area (Å²) in [6.45, 7) is 3.26. The van der Waals surface area contributed by atoms with E-state index < -0.39 is 0 Å². The monoisotopic (exact) mass is 243 g/mol. The van der Waals surface area contributed by atoms with E-state index in [1.54, 1.807) is 0 Å². The van der Waals surface area contributed by atoms with E-state index in [0.29, 0.717) is 0 Å². The molecule has 1 fully saturated rings. The predicted molar refractivity (Wildman–Crippen MR) is 74.6 cm³/mol. The minimum Gasteiger partial charge on any atom is -0.370 e. The van der Waals surface area contributed by atoms with Gasteiger partial charge in [-0.1, -0.05) is 12.1 Å². The van der Waals surface area contributed by atoms with Gasteiger partial charge in [-0.3, -0.25) is 0 Å². The summed E-state index contributed by atoms with van der Waals surface area (Å²) in [4.78, 5) is 2.36. The van der Waals surface area contributed by atoms with E-state index in [9.17, 15) is 0 Å². The Kier molecular flexibility index (Phi) is 4.60. The maximum absolute atomic E-state index is 9.13. The normalized spacial score (nSPS) is 16.6. The smallest absolute Gasteiger partial charge is 0.101 e. The second kappa shape index (κ2) is 6.42. The lowest BCUT2D eigenvalue weighted by Gasteiger charge is -2.34. The average molecular weight is 243 g/mol. The molecule has 3 nitrogen and oxygen atoms in total. The molecule has 1 N–H and O–H groups in total. The zero-order valence-electron chi connectivity index (χ0n) is 11.0. The molecule has 1 aromatic rings. The summed E-state index contributed by atoms with van der Waals surface area (Å²) in [6.07, 6.45) is 3.74. The average Bonchev–Trinajstić information content (AvgIpc) is 2.45. The fourth-order valence-corrected chi connectivity index (χ4v) is 2.65. The van der Waals surface area contributed by atoms with E-state index in [-0.39, 0.29) is 0 Å². The molecule has 0 aliphatic carbocycles. The Morgan fingerprint density at radius 1 is 1.33 bits per heavy atom. The third kappa shape index (κ3) is 3.02. The number of benzene rings is 1. The largest absolute Gasteiger partial charge is 0.370 e. The van der Waals surface area contributed by atoms with Crippen LogP contribution < -0.4 is 10.2 Å². The first-order chi connectivity index (χ1) is 8.85. The molecule has 2 rings (SSSR count). The van der Waals surface area contributed by atoms with Crippen molar-refractivity contribution in [2.24, 2.45) is 5.92 Å². The van der Waals surface area contributed by atoms with Crippen molar-refractivity contribution in [3.63, 3.8) is 0 Å². The van der Waals surface area contributed by atoms with Crippen LogP contribution in [0.5, 0.6) is 0 Å². The number of piperidine rings is 1. The molecule has 0 spiro atoms. The van der Waals surface area contributed by atoms with Crippen LogP contribution in [0.2, 0.25) is 0 Å². The minimum atomic E-state index is 0.797. The van der Waals surface area contributed by atoms with Crippen LogP contribution >= 0.6 is 0 Å². The first-order valence-corrected chi connectivity index (χ1v) is 6.74. The van der Waals surface area contributed by atoms with E-state index in [0.717, 1.165) is 36.8 Å². The summed E-state index contributed by atoms with van der Waals surface area (Å²) in [6, 6.07) is 10.2. The van der Waals surface area contributed by atoms with E-state index in [2.05, 4.69) is 22.4 Å². The lowest BCUT2D eigenvalue weighted by atomic mass is 9.93. The molecule has 0 amide bonds. The number of nitrogens with zero attached hydrogens (tertiary/aromatic N) is 2. The van der Waals surface area contributed by atoms with Gasteiger partial charge in [-0.15, -0.1) is 0 Å². The third-order valence-electron chi connectivity index (χ3n) is 3.78. The number of nitriles is 1. The zero-order chi connectivity index (χ0) is 12.8. The number of para-hydroxylation sites is 1. The van der Waals surface area contributed by atoms with Gasteiger partial charge in [0.15, 0.2) is 0 Å². The van der Waals surface area contributed by atoms with Gasteiger partial charge in [-0.2, -0.15) is 5.26 Å². The van der Waals surface area contributed by atoms with Gasteiger partial charge in [0.05, 0.1) is 11.3 Å². The summed E-state index contributed by atoms with van der Waals surface area (Å²) < 4.78 is 0. The van der Waals surface area contributed by atoms with Crippen LogP contribution in [-0.2, 0) is 0 Å². The quantitative estimate of drug-likeness (QED) is 0.882. The molecule has 1 heterocycles. The van der Waals surface area contributed by atoms with Crippen LogP contribution in [0, 0.1) is 17.2 Å². The van der Waals surface area contributed by atoms with Gasteiger partial charge in [-0.25, -0.2) is 0 Å². The number of anilines is 1. The Hall–Kier alpha value is -1.53. The number of hydrogen-bond donors (Lipinski definition) is 1. The Labute approximate surface area is 109 Å². The van der Waals surface area contributed by atoms with Gasteiger partial charge >= 0.3 is 0 Å². The standard InChI is InChI=1S/C15H21N3/c1-17-9-6-13-7-10-18(11-8-13)15-5-3-2-4-14(15)12-16/h2-5,13,17H,6-11H2,1H3. The van der Waals surface area contributed by atoms with Gasteiger partial charge in [0, 0.05) is 13.1 Å². The molecule has 1 aromatic carbocycles. The maximum Gasteiger partial charge on any atom is 0.101 e. The minimum absolute atomic E-state index is 0.797. The molecule has 18 heavy (non-hydrogen) atoms. The van der Waals surface area contributed by atoms with Crippen molar-refractivity contribution in [1.82, 2.24) is 5.32 Å². The molecule has 0 saturated carbocycles. The van der Waals surface area contributed by atoms with E-state index >= 15 is 0 Å². The van der Waals surface area contributed by atoms with E-state index in [1.165, 1.54) is 19.3 Å². The van der Waals surface area contributed by atoms with Crippen LogP contribution in [-0.4, -0.2) is 26.7 Å². The molecule has 0 aromatic heterocycles. The molecule has 0 atom stereocenters. The summed E-state index contributed by atoms with van der Waals surface area (Å²) in [5, 5.41) is 12.4. The van der Waals surface area contributed by atoms with Gasteiger partial charge in [0.25, 0.3) is 0 Å². The number of rotatable bonds is 4. The number of nitrogens with one attached hydrogen (secondary N) is 1. The second-order valence-electron chi connectivity index (χ2n) is 4.95. The van der Waals surface area contributed by atoms with Crippen molar-refractivity contribution in [3.05, 3.63) is 29.8 Å². The molecule has 1 aliphatic rings. The summed E-state index contributed by atoms with van der Waals surface area (Å²) in [5.41, 5.74) is 1.90. The van der Waals surface area contributed by atoms with Crippen LogP contribution in [0.3, 0.4) is 0 Å². The molecule has 0 radical (unpaired) electrons. The fourth-order valence-electron chi connectivity index (χ4n) is 2.65. The molecular weight excluding hydrogens is 222 g/mol. The van der Waals surface area contributed by atoms with Gasteiger partial charge in [0.1, 0.15) is 6.07 Å². The van der Waals surface area contributed by atoms with Gasteiger partial charge < -0.3 is 10.2 Å². The highest BCUT2D eigenvalue weighted by atomic mass is 15.1. The summed E-state index contributed by atoms with van der Waals surface area (Å²) >= 11 is 0. The molecule has 0 unspecified atom stereocenters. The van der Waals surface area contributed by atoms with E-state index in [1.807, 2.05) is 25.2 Å². The molecule has 1 aliphatic heterocycles. The Morgan fingerprint density at radius 2 is 2.06 bits per heavy atom.